The van der Waals surface area contributed by atoms with Gasteiger partial charge in [0.2, 0.25) is 0 Å². The summed E-state index contributed by atoms with van der Waals surface area (Å²) in [5.41, 5.74) is 1.80. The number of aromatic nitrogens is 5. The van der Waals surface area contributed by atoms with Crippen molar-refractivity contribution in [1.29, 1.82) is 0 Å². The van der Waals surface area contributed by atoms with Crippen LogP contribution in [0.3, 0.4) is 0 Å². The fraction of sp³-hybridized carbons (Fsp3) is 0.737. The van der Waals surface area contributed by atoms with E-state index in [1.54, 1.807) is 7.11 Å². The molecule has 0 aromatic carbocycles. The van der Waals surface area contributed by atoms with Gasteiger partial charge in [-0.1, -0.05) is 0 Å². The Morgan fingerprint density at radius 2 is 1.92 bits per heavy atom. The van der Waals surface area contributed by atoms with E-state index < -0.39 is 0 Å². The standard InChI is InChI=1S/C19H30N6O/c1-3-24-14-16(12-20-24)13-23-9-6-19(7-10-23)5-4-17-21-22-18(15-26-2)25(17)11-8-19/h12,14H,3-11,13,15H2,1-2H3. The molecular weight excluding hydrogens is 328 g/mol. The number of hydrogen-bond donors (Lipinski definition) is 0. The first-order chi connectivity index (χ1) is 12.7. The number of likely N-dealkylation sites (tertiary alicyclic amines) is 1. The number of fused-ring (bicyclic) bond motifs is 1. The summed E-state index contributed by atoms with van der Waals surface area (Å²) in [6.07, 6.45) is 10.3. The molecule has 7 nitrogen and oxygen atoms in total. The molecule has 142 valence electrons. The van der Waals surface area contributed by atoms with Crippen LogP contribution in [0.2, 0.25) is 0 Å². The van der Waals surface area contributed by atoms with Crippen LogP contribution in [-0.4, -0.2) is 49.6 Å². The van der Waals surface area contributed by atoms with Crippen molar-refractivity contribution >= 4 is 0 Å². The number of rotatable bonds is 5. The fourth-order valence-corrected chi connectivity index (χ4v) is 4.51. The van der Waals surface area contributed by atoms with Crippen LogP contribution in [0.4, 0.5) is 0 Å². The molecule has 0 radical (unpaired) electrons. The van der Waals surface area contributed by atoms with E-state index >= 15 is 0 Å². The van der Waals surface area contributed by atoms with Crippen LogP contribution in [0.5, 0.6) is 0 Å². The molecule has 2 aromatic heterocycles. The van der Waals surface area contributed by atoms with Crippen molar-refractivity contribution < 1.29 is 4.74 Å². The zero-order valence-corrected chi connectivity index (χ0v) is 16.0. The normalized spacial score (nSPS) is 20.2. The molecule has 2 aliphatic rings. The second-order valence-corrected chi connectivity index (χ2v) is 7.85. The molecule has 0 bridgehead atoms. The van der Waals surface area contributed by atoms with Crippen LogP contribution in [0.25, 0.3) is 0 Å². The summed E-state index contributed by atoms with van der Waals surface area (Å²) in [6.45, 7) is 8.05. The third-order valence-electron chi connectivity index (χ3n) is 6.26. The molecule has 2 aromatic rings. The van der Waals surface area contributed by atoms with Gasteiger partial charge in [0.1, 0.15) is 12.4 Å². The summed E-state index contributed by atoms with van der Waals surface area (Å²) in [5, 5.41) is 13.1. The Kier molecular flexibility index (Phi) is 5.09. The second-order valence-electron chi connectivity index (χ2n) is 7.85. The van der Waals surface area contributed by atoms with Gasteiger partial charge >= 0.3 is 0 Å². The van der Waals surface area contributed by atoms with Gasteiger partial charge in [0.15, 0.2) is 5.82 Å². The average Bonchev–Trinajstić information content (AvgIpc) is 3.23. The molecule has 7 heteroatoms. The van der Waals surface area contributed by atoms with Crippen LogP contribution in [0.15, 0.2) is 12.4 Å². The lowest BCUT2D eigenvalue weighted by Gasteiger charge is -2.41. The molecule has 0 atom stereocenters. The predicted molar refractivity (Wildman–Crippen MR) is 98.5 cm³/mol. The van der Waals surface area contributed by atoms with Gasteiger partial charge in [-0.2, -0.15) is 5.10 Å². The average molecular weight is 358 g/mol. The topological polar surface area (TPSA) is 61.0 Å². The Hall–Kier alpha value is -1.73. The van der Waals surface area contributed by atoms with E-state index in [1.807, 2.05) is 10.9 Å². The highest BCUT2D eigenvalue weighted by molar-refractivity contribution is 5.05. The Morgan fingerprint density at radius 1 is 1.12 bits per heavy atom. The third-order valence-corrected chi connectivity index (χ3v) is 6.26. The molecule has 0 amide bonds. The maximum absolute atomic E-state index is 5.27. The minimum absolute atomic E-state index is 0.467. The van der Waals surface area contributed by atoms with E-state index in [0.717, 1.165) is 37.7 Å². The summed E-state index contributed by atoms with van der Waals surface area (Å²) in [7, 11) is 1.72. The largest absolute Gasteiger partial charge is 0.377 e. The smallest absolute Gasteiger partial charge is 0.159 e. The lowest BCUT2D eigenvalue weighted by molar-refractivity contribution is 0.0820. The highest BCUT2D eigenvalue weighted by Gasteiger charge is 2.36. The van der Waals surface area contributed by atoms with Crippen molar-refractivity contribution in [2.24, 2.45) is 5.41 Å². The molecule has 0 saturated carbocycles. The van der Waals surface area contributed by atoms with Crippen molar-refractivity contribution in [3.8, 4) is 0 Å². The van der Waals surface area contributed by atoms with Gasteiger partial charge < -0.3 is 9.30 Å². The van der Waals surface area contributed by atoms with Gasteiger partial charge in [-0.15, -0.1) is 10.2 Å². The van der Waals surface area contributed by atoms with Gasteiger partial charge in [0, 0.05) is 44.9 Å². The maximum atomic E-state index is 5.27. The lowest BCUT2D eigenvalue weighted by Crippen LogP contribution is -2.40. The number of aryl methyl sites for hydroxylation is 2. The lowest BCUT2D eigenvalue weighted by atomic mass is 9.72. The molecule has 2 aliphatic heterocycles. The van der Waals surface area contributed by atoms with E-state index in [4.69, 9.17) is 4.74 Å². The van der Waals surface area contributed by atoms with Crippen molar-refractivity contribution in [3.05, 3.63) is 29.6 Å². The van der Waals surface area contributed by atoms with E-state index in [9.17, 15) is 0 Å². The van der Waals surface area contributed by atoms with Gasteiger partial charge in [-0.25, -0.2) is 0 Å². The summed E-state index contributed by atoms with van der Waals surface area (Å²) >= 11 is 0. The van der Waals surface area contributed by atoms with Gasteiger partial charge in [0.25, 0.3) is 0 Å². The SMILES string of the molecule is CCn1cc(CN2CCC3(CCc4nnc(COC)n4CC3)CC2)cn1. The summed E-state index contributed by atoms with van der Waals surface area (Å²) in [4.78, 5) is 2.59. The monoisotopic (exact) mass is 358 g/mol. The Labute approximate surface area is 155 Å². The highest BCUT2D eigenvalue weighted by atomic mass is 16.5. The number of hydrogen-bond acceptors (Lipinski definition) is 5. The molecule has 1 spiro atoms. The second kappa shape index (κ2) is 7.48. The molecule has 1 fully saturated rings. The molecule has 0 unspecified atom stereocenters. The number of ether oxygens (including phenoxy) is 1. The first-order valence-electron chi connectivity index (χ1n) is 9.85. The molecule has 4 heterocycles. The zero-order chi connectivity index (χ0) is 18.0. The van der Waals surface area contributed by atoms with E-state index in [2.05, 4.69) is 37.9 Å². The molecule has 26 heavy (non-hydrogen) atoms. The molecular formula is C19H30N6O. The summed E-state index contributed by atoms with van der Waals surface area (Å²) in [5.74, 6) is 2.12. The summed E-state index contributed by atoms with van der Waals surface area (Å²) in [6, 6.07) is 0. The van der Waals surface area contributed by atoms with Gasteiger partial charge in [0.05, 0.1) is 6.20 Å². The minimum Gasteiger partial charge on any atom is -0.377 e. The van der Waals surface area contributed by atoms with Crippen molar-refractivity contribution in [3.63, 3.8) is 0 Å². The van der Waals surface area contributed by atoms with Crippen LogP contribution < -0.4 is 0 Å². The molecule has 4 rings (SSSR count). The van der Waals surface area contributed by atoms with Crippen LogP contribution in [0.1, 0.15) is 49.8 Å². The molecule has 0 N–H and O–H groups in total. The third kappa shape index (κ3) is 3.55. The molecule has 1 saturated heterocycles. The van der Waals surface area contributed by atoms with Crippen LogP contribution >= 0.6 is 0 Å². The van der Waals surface area contributed by atoms with E-state index in [0.29, 0.717) is 12.0 Å². The van der Waals surface area contributed by atoms with Crippen LogP contribution in [-0.2, 0) is 37.4 Å². The molecule has 0 aliphatic carbocycles. The number of piperidine rings is 1. The van der Waals surface area contributed by atoms with Crippen LogP contribution in [0, 0.1) is 5.41 Å². The minimum atomic E-state index is 0.467. The Bertz CT molecular complexity index is 728. The summed E-state index contributed by atoms with van der Waals surface area (Å²) < 4.78 is 9.58. The Balaban J connectivity index is 1.35. The fourth-order valence-electron chi connectivity index (χ4n) is 4.51. The van der Waals surface area contributed by atoms with Crippen molar-refractivity contribution in [2.75, 3.05) is 20.2 Å². The quantitative estimate of drug-likeness (QED) is 0.820. The number of methoxy groups -OCH3 is 1. The predicted octanol–water partition coefficient (Wildman–Crippen LogP) is 2.26. The zero-order valence-electron chi connectivity index (χ0n) is 16.0. The van der Waals surface area contributed by atoms with E-state index in [-0.39, 0.29) is 0 Å². The first-order valence-corrected chi connectivity index (χ1v) is 9.85. The highest BCUT2D eigenvalue weighted by Crippen LogP contribution is 2.41. The van der Waals surface area contributed by atoms with E-state index in [1.165, 1.54) is 44.3 Å². The maximum Gasteiger partial charge on any atom is 0.159 e. The van der Waals surface area contributed by atoms with Crippen molar-refractivity contribution in [2.45, 2.75) is 65.3 Å². The van der Waals surface area contributed by atoms with Crippen molar-refractivity contribution in [1.82, 2.24) is 29.4 Å². The van der Waals surface area contributed by atoms with Gasteiger partial charge in [-0.3, -0.25) is 9.58 Å². The first kappa shape index (κ1) is 17.7. The number of nitrogens with zero attached hydrogens (tertiary/aromatic N) is 6. The Morgan fingerprint density at radius 3 is 2.65 bits per heavy atom. The van der Waals surface area contributed by atoms with Gasteiger partial charge in [-0.05, 0) is 51.1 Å².